The van der Waals surface area contributed by atoms with Gasteiger partial charge < -0.3 is 0 Å². The molecular weight excluding hydrogens is 313 g/mol. The van der Waals surface area contributed by atoms with Gasteiger partial charge in [0.1, 0.15) is 4.47 Å². The molecule has 1 aromatic carbocycles. The minimum absolute atomic E-state index is 0.0387. The number of benzene rings is 1. The van der Waals surface area contributed by atoms with Crippen LogP contribution in [0.2, 0.25) is 5.02 Å². The van der Waals surface area contributed by atoms with Crippen LogP contribution in [0.4, 0.5) is 5.69 Å². The van der Waals surface area contributed by atoms with Crippen molar-refractivity contribution in [1.82, 2.24) is 0 Å². The molecule has 0 unspecified atom stereocenters. The van der Waals surface area contributed by atoms with Crippen LogP contribution < -0.4 is 0 Å². The second-order valence-corrected chi connectivity index (χ2v) is 3.98. The fraction of sp³-hybridized carbons (Fsp3) is 0. The summed E-state index contributed by atoms with van der Waals surface area (Å²) in [5.41, 5.74) is -0.0387. The van der Waals surface area contributed by atoms with Crippen molar-refractivity contribution in [2.75, 3.05) is 0 Å². The quantitative estimate of drug-likeness (QED) is 0.450. The van der Waals surface area contributed by atoms with Crippen LogP contribution in [0, 0.1) is 10.1 Å². The van der Waals surface area contributed by atoms with Gasteiger partial charge in [-0.05, 0) is 37.9 Å². The largest absolute Gasteiger partial charge is 0.285 e. The Morgan fingerprint density at radius 2 is 2.00 bits per heavy atom. The first kappa shape index (κ1) is 9.95. The zero-order valence-electron chi connectivity index (χ0n) is 5.55. The summed E-state index contributed by atoms with van der Waals surface area (Å²) in [5.74, 6) is 0. The molecule has 12 heavy (non-hydrogen) atoms. The van der Waals surface area contributed by atoms with E-state index in [0.717, 1.165) is 0 Å². The summed E-state index contributed by atoms with van der Waals surface area (Å²) in [6, 6.07) is 2.91. The molecule has 0 N–H and O–H groups in total. The molecule has 0 atom stereocenters. The summed E-state index contributed by atoms with van der Waals surface area (Å²) in [7, 11) is 0. The number of nitro benzene ring substituents is 1. The number of halogens is 3. The van der Waals surface area contributed by atoms with E-state index >= 15 is 0 Å². The van der Waals surface area contributed by atoms with Gasteiger partial charge in [0.05, 0.1) is 9.95 Å². The van der Waals surface area contributed by atoms with Gasteiger partial charge in [-0.2, -0.15) is 0 Å². The van der Waals surface area contributed by atoms with Crippen LogP contribution in [0.25, 0.3) is 0 Å². The molecule has 1 rings (SSSR count). The van der Waals surface area contributed by atoms with Gasteiger partial charge in [-0.25, -0.2) is 0 Å². The average molecular weight is 315 g/mol. The zero-order chi connectivity index (χ0) is 9.30. The Labute approximate surface area is 90.1 Å². The fourth-order valence-corrected chi connectivity index (χ4v) is 1.90. The van der Waals surface area contributed by atoms with Gasteiger partial charge in [-0.15, -0.1) is 0 Å². The number of rotatable bonds is 1. The lowest BCUT2D eigenvalue weighted by atomic mass is 10.3. The lowest BCUT2D eigenvalue weighted by Crippen LogP contribution is -1.89. The standard InChI is InChI=1S/C6H2Br2ClNO2/c7-3-1-2-4(10(11)12)5(8)6(3)9/h1-2H. The highest BCUT2D eigenvalue weighted by molar-refractivity contribution is 9.11. The van der Waals surface area contributed by atoms with Gasteiger partial charge >= 0.3 is 0 Å². The number of nitro groups is 1. The van der Waals surface area contributed by atoms with Crippen molar-refractivity contribution in [1.29, 1.82) is 0 Å². The predicted octanol–water partition coefficient (Wildman–Crippen LogP) is 3.77. The Hall–Kier alpha value is -0.130. The van der Waals surface area contributed by atoms with Crippen molar-refractivity contribution in [2.45, 2.75) is 0 Å². The van der Waals surface area contributed by atoms with Gasteiger partial charge in [0.15, 0.2) is 0 Å². The highest BCUT2D eigenvalue weighted by atomic mass is 79.9. The van der Waals surface area contributed by atoms with E-state index in [1.54, 1.807) is 0 Å². The first-order valence-corrected chi connectivity index (χ1v) is 4.78. The molecule has 0 saturated carbocycles. The molecule has 3 nitrogen and oxygen atoms in total. The Balaban J connectivity index is 3.36. The first-order valence-electron chi connectivity index (χ1n) is 2.82. The Bertz CT molecular complexity index is 343. The van der Waals surface area contributed by atoms with Crippen molar-refractivity contribution < 1.29 is 4.92 Å². The molecule has 0 aliphatic heterocycles. The number of nitrogens with zero attached hydrogens (tertiary/aromatic N) is 1. The van der Waals surface area contributed by atoms with E-state index in [9.17, 15) is 10.1 Å². The van der Waals surface area contributed by atoms with Crippen molar-refractivity contribution in [3.63, 3.8) is 0 Å². The minimum atomic E-state index is -0.498. The van der Waals surface area contributed by atoms with E-state index in [1.807, 2.05) is 0 Å². The van der Waals surface area contributed by atoms with E-state index in [0.29, 0.717) is 14.0 Å². The SMILES string of the molecule is O=[N+]([O-])c1ccc(Br)c(Cl)c1Br. The second kappa shape index (κ2) is 3.72. The Morgan fingerprint density at radius 1 is 1.42 bits per heavy atom. The molecule has 0 saturated heterocycles. The van der Waals surface area contributed by atoms with E-state index in [-0.39, 0.29) is 5.69 Å². The maximum Gasteiger partial charge on any atom is 0.285 e. The highest BCUT2D eigenvalue weighted by Crippen LogP contribution is 2.36. The second-order valence-electron chi connectivity index (χ2n) is 1.95. The molecule has 6 heteroatoms. The van der Waals surface area contributed by atoms with E-state index in [4.69, 9.17) is 11.6 Å². The summed E-state index contributed by atoms with van der Waals surface area (Å²) in [6.45, 7) is 0. The summed E-state index contributed by atoms with van der Waals surface area (Å²) in [4.78, 5) is 9.89. The maximum absolute atomic E-state index is 10.4. The van der Waals surface area contributed by atoms with Crippen LogP contribution in [0.5, 0.6) is 0 Å². The highest BCUT2D eigenvalue weighted by Gasteiger charge is 2.15. The van der Waals surface area contributed by atoms with Gasteiger partial charge in [0.2, 0.25) is 0 Å². The van der Waals surface area contributed by atoms with Crippen LogP contribution in [0.3, 0.4) is 0 Å². The molecule has 0 amide bonds. The molecule has 0 radical (unpaired) electrons. The maximum atomic E-state index is 10.4. The third kappa shape index (κ3) is 1.78. The summed E-state index contributed by atoms with van der Waals surface area (Å²) in [6.07, 6.45) is 0. The lowest BCUT2D eigenvalue weighted by molar-refractivity contribution is -0.385. The molecule has 0 fully saturated rings. The smallest absolute Gasteiger partial charge is 0.258 e. The van der Waals surface area contributed by atoms with Crippen LogP contribution >= 0.6 is 43.5 Å². The molecule has 0 bridgehead atoms. The fourth-order valence-electron chi connectivity index (χ4n) is 0.657. The van der Waals surface area contributed by atoms with Gasteiger partial charge in [-0.1, -0.05) is 11.6 Å². The van der Waals surface area contributed by atoms with Crippen LogP contribution in [0.1, 0.15) is 0 Å². The topological polar surface area (TPSA) is 43.1 Å². The Morgan fingerprint density at radius 3 is 2.50 bits per heavy atom. The predicted molar refractivity (Wildman–Crippen MR) is 53.5 cm³/mol. The molecule has 0 aliphatic carbocycles. The monoisotopic (exact) mass is 313 g/mol. The molecule has 0 spiro atoms. The Kier molecular flexibility index (Phi) is 3.09. The number of hydrogen-bond acceptors (Lipinski definition) is 2. The van der Waals surface area contributed by atoms with Crippen LogP contribution in [-0.4, -0.2) is 4.92 Å². The van der Waals surface area contributed by atoms with Gasteiger partial charge in [0.25, 0.3) is 5.69 Å². The third-order valence-corrected chi connectivity index (χ3v) is 3.52. The zero-order valence-corrected chi connectivity index (χ0v) is 9.48. The third-order valence-electron chi connectivity index (χ3n) is 1.21. The van der Waals surface area contributed by atoms with Crippen molar-refractivity contribution in [3.05, 3.63) is 36.2 Å². The van der Waals surface area contributed by atoms with Gasteiger partial charge in [0, 0.05) is 10.5 Å². The molecule has 0 aromatic heterocycles. The average Bonchev–Trinajstić information content (AvgIpc) is 2.00. The van der Waals surface area contributed by atoms with Crippen molar-refractivity contribution in [3.8, 4) is 0 Å². The normalized spacial score (nSPS) is 9.92. The summed E-state index contributed by atoms with van der Waals surface area (Å²) in [5, 5.41) is 10.7. The minimum Gasteiger partial charge on any atom is -0.258 e. The molecule has 0 heterocycles. The van der Waals surface area contributed by atoms with E-state index in [1.165, 1.54) is 12.1 Å². The van der Waals surface area contributed by atoms with E-state index < -0.39 is 4.92 Å². The van der Waals surface area contributed by atoms with Crippen LogP contribution in [0.15, 0.2) is 21.1 Å². The van der Waals surface area contributed by atoms with Crippen molar-refractivity contribution >= 4 is 49.1 Å². The van der Waals surface area contributed by atoms with Crippen molar-refractivity contribution in [2.24, 2.45) is 0 Å². The van der Waals surface area contributed by atoms with E-state index in [2.05, 4.69) is 31.9 Å². The lowest BCUT2D eigenvalue weighted by Gasteiger charge is -1.99. The summed E-state index contributed by atoms with van der Waals surface area (Å²) >= 11 is 11.9. The molecular formula is C6H2Br2ClNO2. The molecule has 1 aromatic rings. The van der Waals surface area contributed by atoms with Gasteiger partial charge in [-0.3, -0.25) is 10.1 Å². The van der Waals surface area contributed by atoms with Crippen LogP contribution in [-0.2, 0) is 0 Å². The summed E-state index contributed by atoms with van der Waals surface area (Å²) < 4.78 is 0.921. The molecule has 64 valence electrons. The first-order chi connectivity index (χ1) is 5.54. The number of hydrogen-bond donors (Lipinski definition) is 0. The molecule has 0 aliphatic rings.